The van der Waals surface area contributed by atoms with Gasteiger partial charge in [-0.1, -0.05) is 54.6 Å². The molecule has 90 valence electrons. The summed E-state index contributed by atoms with van der Waals surface area (Å²) in [5, 5.41) is 10.8. The van der Waals surface area contributed by atoms with Gasteiger partial charge in [0.1, 0.15) is 0 Å². The molecule has 4 heteroatoms. The molecule has 0 saturated heterocycles. The van der Waals surface area contributed by atoms with Gasteiger partial charge in [-0.15, -0.1) is 0 Å². The lowest BCUT2D eigenvalue weighted by atomic mass is 10.0. The topological polar surface area (TPSA) is 74.3 Å². The van der Waals surface area contributed by atoms with E-state index in [0.717, 1.165) is 11.1 Å². The Morgan fingerprint density at radius 3 is 2.22 bits per heavy atom. The van der Waals surface area contributed by atoms with E-state index >= 15 is 0 Å². The molecule has 2 aromatic rings. The van der Waals surface area contributed by atoms with Crippen molar-refractivity contribution in [2.75, 3.05) is 0 Å². The van der Waals surface area contributed by atoms with Gasteiger partial charge in [0.15, 0.2) is 0 Å². The normalized spacial score (nSPS) is 10.4. The van der Waals surface area contributed by atoms with E-state index in [1.807, 2.05) is 42.5 Å². The Bertz CT molecular complexity index is 544. The van der Waals surface area contributed by atoms with Gasteiger partial charge in [-0.2, -0.15) is 5.10 Å². The molecular formula is C14H14N4. The Balaban J connectivity index is 2.11. The molecule has 0 aliphatic carbocycles. The van der Waals surface area contributed by atoms with Crippen LogP contribution in [0.1, 0.15) is 5.56 Å². The third-order valence-electron chi connectivity index (χ3n) is 2.42. The molecule has 0 saturated carbocycles. The standard InChI is InChI=1S/C14H14N4/c15-14(16)18-17-10-11-6-8-13(9-7-11)12-4-2-1-3-5-12/h1-10H,(H4,15,16,18)/b17-10+. The number of nitrogens with zero attached hydrogens (tertiary/aromatic N) is 1. The predicted octanol–water partition coefficient (Wildman–Crippen LogP) is 2.17. The van der Waals surface area contributed by atoms with Gasteiger partial charge in [-0.3, -0.25) is 5.41 Å². The molecule has 0 bridgehead atoms. The van der Waals surface area contributed by atoms with Gasteiger partial charge in [0.2, 0.25) is 5.96 Å². The van der Waals surface area contributed by atoms with E-state index in [2.05, 4.69) is 22.7 Å². The summed E-state index contributed by atoms with van der Waals surface area (Å²) in [6.45, 7) is 0. The van der Waals surface area contributed by atoms with Crippen LogP contribution in [0.25, 0.3) is 11.1 Å². The van der Waals surface area contributed by atoms with Crippen molar-refractivity contribution in [3.8, 4) is 11.1 Å². The van der Waals surface area contributed by atoms with Gasteiger partial charge in [-0.05, 0) is 16.7 Å². The zero-order chi connectivity index (χ0) is 12.8. The van der Waals surface area contributed by atoms with E-state index in [-0.39, 0.29) is 5.96 Å². The van der Waals surface area contributed by atoms with E-state index < -0.39 is 0 Å². The van der Waals surface area contributed by atoms with Gasteiger partial charge in [0.25, 0.3) is 0 Å². The number of nitrogens with one attached hydrogen (secondary N) is 2. The highest BCUT2D eigenvalue weighted by atomic mass is 15.3. The fraction of sp³-hybridized carbons (Fsp3) is 0. The number of benzene rings is 2. The van der Waals surface area contributed by atoms with Crippen molar-refractivity contribution in [3.63, 3.8) is 0 Å². The molecule has 18 heavy (non-hydrogen) atoms. The SMILES string of the molecule is N=C(N)N/N=C/c1ccc(-c2ccccc2)cc1. The summed E-state index contributed by atoms with van der Waals surface area (Å²) in [5.41, 5.74) is 10.8. The second-order valence-electron chi connectivity index (χ2n) is 3.77. The minimum Gasteiger partial charge on any atom is -0.369 e. The van der Waals surface area contributed by atoms with Crippen LogP contribution >= 0.6 is 0 Å². The molecular weight excluding hydrogens is 224 g/mol. The Labute approximate surface area is 106 Å². The first-order valence-electron chi connectivity index (χ1n) is 5.54. The molecule has 2 rings (SSSR count). The molecule has 0 aromatic heterocycles. The zero-order valence-electron chi connectivity index (χ0n) is 9.80. The Hall–Kier alpha value is -2.62. The van der Waals surface area contributed by atoms with Crippen LogP contribution in [0.15, 0.2) is 59.7 Å². The second kappa shape index (κ2) is 5.63. The van der Waals surface area contributed by atoms with Gasteiger partial charge >= 0.3 is 0 Å². The van der Waals surface area contributed by atoms with E-state index in [9.17, 15) is 0 Å². The van der Waals surface area contributed by atoms with Crippen LogP contribution in [-0.2, 0) is 0 Å². The molecule has 0 aliphatic rings. The number of hydrogen-bond acceptors (Lipinski definition) is 2. The summed E-state index contributed by atoms with van der Waals surface area (Å²) < 4.78 is 0. The summed E-state index contributed by atoms with van der Waals surface area (Å²) in [6, 6.07) is 18.2. The smallest absolute Gasteiger partial charge is 0.206 e. The van der Waals surface area contributed by atoms with E-state index in [0.29, 0.717) is 0 Å². The van der Waals surface area contributed by atoms with Crippen LogP contribution in [0.3, 0.4) is 0 Å². The van der Waals surface area contributed by atoms with Crippen molar-refractivity contribution in [3.05, 3.63) is 60.2 Å². The third-order valence-corrected chi connectivity index (χ3v) is 2.42. The van der Waals surface area contributed by atoms with Crippen molar-refractivity contribution < 1.29 is 0 Å². The van der Waals surface area contributed by atoms with Crippen LogP contribution in [0.4, 0.5) is 0 Å². The Kier molecular flexibility index (Phi) is 3.71. The number of hydrogen-bond donors (Lipinski definition) is 3. The van der Waals surface area contributed by atoms with E-state index in [1.54, 1.807) is 6.21 Å². The van der Waals surface area contributed by atoms with Crippen molar-refractivity contribution >= 4 is 12.2 Å². The molecule has 0 unspecified atom stereocenters. The maximum absolute atomic E-state index is 6.96. The first-order valence-corrected chi connectivity index (χ1v) is 5.54. The lowest BCUT2D eigenvalue weighted by Crippen LogP contribution is -2.25. The average Bonchev–Trinajstić information content (AvgIpc) is 2.40. The zero-order valence-corrected chi connectivity index (χ0v) is 9.80. The predicted molar refractivity (Wildman–Crippen MR) is 74.5 cm³/mol. The molecule has 0 aliphatic heterocycles. The summed E-state index contributed by atoms with van der Waals surface area (Å²) in [6.07, 6.45) is 1.62. The second-order valence-corrected chi connectivity index (χ2v) is 3.77. The lowest BCUT2D eigenvalue weighted by Gasteiger charge is -2.01. The number of hydrazone groups is 1. The van der Waals surface area contributed by atoms with Crippen molar-refractivity contribution in [1.29, 1.82) is 5.41 Å². The maximum Gasteiger partial charge on any atom is 0.206 e. The van der Waals surface area contributed by atoms with Gasteiger partial charge < -0.3 is 5.73 Å². The van der Waals surface area contributed by atoms with Crippen LogP contribution in [0, 0.1) is 5.41 Å². The largest absolute Gasteiger partial charge is 0.369 e. The minimum atomic E-state index is -0.174. The monoisotopic (exact) mass is 238 g/mol. The molecule has 0 heterocycles. The minimum absolute atomic E-state index is 0.174. The fourth-order valence-electron chi connectivity index (χ4n) is 1.57. The molecule has 0 atom stereocenters. The number of rotatable bonds is 3. The van der Waals surface area contributed by atoms with Crippen LogP contribution in [0.5, 0.6) is 0 Å². The Morgan fingerprint density at radius 2 is 1.61 bits per heavy atom. The highest BCUT2D eigenvalue weighted by Crippen LogP contribution is 2.18. The highest BCUT2D eigenvalue weighted by Gasteiger charge is 1.95. The fourth-order valence-corrected chi connectivity index (χ4v) is 1.57. The molecule has 0 radical (unpaired) electrons. The molecule has 0 spiro atoms. The van der Waals surface area contributed by atoms with E-state index in [1.165, 1.54) is 5.56 Å². The Morgan fingerprint density at radius 1 is 1.00 bits per heavy atom. The molecule has 0 amide bonds. The first-order chi connectivity index (χ1) is 8.75. The summed E-state index contributed by atoms with van der Waals surface area (Å²) >= 11 is 0. The summed E-state index contributed by atoms with van der Waals surface area (Å²) in [7, 11) is 0. The van der Waals surface area contributed by atoms with Crippen molar-refractivity contribution in [1.82, 2.24) is 5.43 Å². The maximum atomic E-state index is 6.96. The highest BCUT2D eigenvalue weighted by molar-refractivity contribution is 5.82. The van der Waals surface area contributed by atoms with Gasteiger partial charge in [-0.25, -0.2) is 5.43 Å². The van der Waals surface area contributed by atoms with Crippen molar-refractivity contribution in [2.45, 2.75) is 0 Å². The molecule has 0 fully saturated rings. The summed E-state index contributed by atoms with van der Waals surface area (Å²) in [4.78, 5) is 0. The quantitative estimate of drug-likeness (QED) is 0.435. The lowest BCUT2D eigenvalue weighted by molar-refractivity contribution is 1.00. The van der Waals surface area contributed by atoms with Gasteiger partial charge in [0, 0.05) is 0 Å². The molecule has 4 N–H and O–H groups in total. The third kappa shape index (κ3) is 3.18. The van der Waals surface area contributed by atoms with Crippen LogP contribution in [0.2, 0.25) is 0 Å². The van der Waals surface area contributed by atoms with Crippen molar-refractivity contribution in [2.24, 2.45) is 10.8 Å². The summed E-state index contributed by atoms with van der Waals surface area (Å²) in [5.74, 6) is -0.174. The number of nitrogens with two attached hydrogens (primary N) is 1. The van der Waals surface area contributed by atoms with E-state index in [4.69, 9.17) is 11.1 Å². The first kappa shape index (κ1) is 11.9. The van der Waals surface area contributed by atoms with Crippen LogP contribution in [-0.4, -0.2) is 12.2 Å². The van der Waals surface area contributed by atoms with Gasteiger partial charge in [0.05, 0.1) is 6.21 Å². The molecule has 2 aromatic carbocycles. The average molecular weight is 238 g/mol. The number of guanidine groups is 1. The van der Waals surface area contributed by atoms with Crippen LogP contribution < -0.4 is 11.2 Å². The molecule has 4 nitrogen and oxygen atoms in total.